The highest BCUT2D eigenvalue weighted by molar-refractivity contribution is 9.10. The van der Waals surface area contributed by atoms with Crippen LogP contribution in [0.1, 0.15) is 37.8 Å². The minimum absolute atomic E-state index is 0.0535. The van der Waals surface area contributed by atoms with Crippen LogP contribution in [0.25, 0.3) is 0 Å². The summed E-state index contributed by atoms with van der Waals surface area (Å²) in [6.07, 6.45) is 2.79. The van der Waals surface area contributed by atoms with Crippen LogP contribution < -0.4 is 11.5 Å². The highest BCUT2D eigenvalue weighted by Crippen LogP contribution is 2.30. The number of carbonyl (C=O) groups excluding carboxylic acids is 1. The standard InChI is InChI=1S/C16H24BrN3O/c1-2-14(18)15(11-5-7-13(17)8-6-11)20-9-3-4-12(10-20)16(19)21/h5-8,12,14-15H,2-4,9-10,18H2,1H3,(H2,19,21). The largest absolute Gasteiger partial charge is 0.369 e. The summed E-state index contributed by atoms with van der Waals surface area (Å²) >= 11 is 3.47. The molecule has 1 amide bonds. The number of primary amides is 1. The van der Waals surface area contributed by atoms with E-state index in [-0.39, 0.29) is 23.9 Å². The third-order valence-corrected chi connectivity index (χ3v) is 4.87. The Labute approximate surface area is 135 Å². The fourth-order valence-corrected chi connectivity index (χ4v) is 3.37. The van der Waals surface area contributed by atoms with Gasteiger partial charge in [0.2, 0.25) is 5.91 Å². The maximum Gasteiger partial charge on any atom is 0.221 e. The molecule has 0 saturated carbocycles. The first-order valence-electron chi connectivity index (χ1n) is 7.57. The maximum absolute atomic E-state index is 11.5. The maximum atomic E-state index is 11.5. The van der Waals surface area contributed by atoms with E-state index in [0.29, 0.717) is 6.54 Å². The van der Waals surface area contributed by atoms with Crippen molar-refractivity contribution in [3.63, 3.8) is 0 Å². The Hall–Kier alpha value is -0.910. The van der Waals surface area contributed by atoms with Gasteiger partial charge in [0.05, 0.1) is 5.92 Å². The fraction of sp³-hybridized carbons (Fsp3) is 0.562. The summed E-state index contributed by atoms with van der Waals surface area (Å²) in [4.78, 5) is 13.8. The number of hydrogen-bond acceptors (Lipinski definition) is 3. The van der Waals surface area contributed by atoms with Gasteiger partial charge < -0.3 is 11.5 Å². The zero-order valence-corrected chi connectivity index (χ0v) is 14.1. The number of hydrogen-bond donors (Lipinski definition) is 2. The molecule has 1 fully saturated rings. The quantitative estimate of drug-likeness (QED) is 0.853. The van der Waals surface area contributed by atoms with E-state index in [1.165, 1.54) is 5.56 Å². The minimum Gasteiger partial charge on any atom is -0.369 e. The monoisotopic (exact) mass is 353 g/mol. The van der Waals surface area contributed by atoms with Crippen LogP contribution in [0.2, 0.25) is 0 Å². The van der Waals surface area contributed by atoms with Gasteiger partial charge in [-0.2, -0.15) is 0 Å². The lowest BCUT2D eigenvalue weighted by molar-refractivity contribution is -0.123. The predicted octanol–water partition coefficient (Wildman–Crippen LogP) is 2.42. The summed E-state index contributed by atoms with van der Waals surface area (Å²) in [7, 11) is 0. The first kappa shape index (κ1) is 16.5. The van der Waals surface area contributed by atoms with E-state index >= 15 is 0 Å². The fourth-order valence-electron chi connectivity index (χ4n) is 3.10. The van der Waals surface area contributed by atoms with E-state index in [2.05, 4.69) is 39.9 Å². The molecule has 1 heterocycles. The van der Waals surface area contributed by atoms with E-state index in [1.807, 2.05) is 12.1 Å². The van der Waals surface area contributed by atoms with Crippen LogP contribution >= 0.6 is 15.9 Å². The van der Waals surface area contributed by atoms with Gasteiger partial charge >= 0.3 is 0 Å². The van der Waals surface area contributed by atoms with Gasteiger partial charge in [0, 0.05) is 23.1 Å². The van der Waals surface area contributed by atoms with Crippen molar-refractivity contribution < 1.29 is 4.79 Å². The van der Waals surface area contributed by atoms with Crippen LogP contribution in [-0.4, -0.2) is 29.9 Å². The normalized spacial score (nSPS) is 22.7. The summed E-state index contributed by atoms with van der Waals surface area (Å²) in [5, 5.41) is 0. The van der Waals surface area contributed by atoms with E-state index in [4.69, 9.17) is 11.5 Å². The summed E-state index contributed by atoms with van der Waals surface area (Å²) < 4.78 is 1.06. The Morgan fingerprint density at radius 3 is 2.67 bits per heavy atom. The van der Waals surface area contributed by atoms with Crippen molar-refractivity contribution >= 4 is 21.8 Å². The topological polar surface area (TPSA) is 72.3 Å². The predicted molar refractivity (Wildman–Crippen MR) is 88.6 cm³/mol. The minimum atomic E-state index is -0.195. The third-order valence-electron chi connectivity index (χ3n) is 4.34. The number of amides is 1. The number of likely N-dealkylation sites (tertiary alicyclic amines) is 1. The van der Waals surface area contributed by atoms with Crippen LogP contribution in [0, 0.1) is 5.92 Å². The molecule has 1 aromatic carbocycles. The van der Waals surface area contributed by atoms with Gasteiger partial charge in [-0.05, 0) is 43.5 Å². The molecular weight excluding hydrogens is 330 g/mol. The lowest BCUT2D eigenvalue weighted by Crippen LogP contribution is -2.48. The molecule has 3 atom stereocenters. The summed E-state index contributed by atoms with van der Waals surface area (Å²) in [6.45, 7) is 3.79. The molecule has 1 aliphatic heterocycles. The highest BCUT2D eigenvalue weighted by atomic mass is 79.9. The van der Waals surface area contributed by atoms with Gasteiger partial charge in [-0.1, -0.05) is 35.0 Å². The Kier molecular flexibility index (Phi) is 5.79. The van der Waals surface area contributed by atoms with Gasteiger partial charge in [-0.15, -0.1) is 0 Å². The Morgan fingerprint density at radius 1 is 1.43 bits per heavy atom. The number of nitrogens with zero attached hydrogens (tertiary/aromatic N) is 1. The molecule has 4 N–H and O–H groups in total. The lowest BCUT2D eigenvalue weighted by atomic mass is 9.90. The smallest absolute Gasteiger partial charge is 0.221 e. The molecule has 0 bridgehead atoms. The van der Waals surface area contributed by atoms with Crippen LogP contribution in [0.3, 0.4) is 0 Å². The molecule has 21 heavy (non-hydrogen) atoms. The van der Waals surface area contributed by atoms with Crippen molar-refractivity contribution in [2.24, 2.45) is 17.4 Å². The summed E-state index contributed by atoms with van der Waals surface area (Å²) in [6, 6.07) is 8.50. The van der Waals surface area contributed by atoms with E-state index in [1.54, 1.807) is 0 Å². The van der Waals surface area contributed by atoms with Crippen molar-refractivity contribution in [3.05, 3.63) is 34.3 Å². The van der Waals surface area contributed by atoms with Crippen LogP contribution in [0.15, 0.2) is 28.7 Å². The van der Waals surface area contributed by atoms with Crippen molar-refractivity contribution in [2.45, 2.75) is 38.3 Å². The number of nitrogens with two attached hydrogens (primary N) is 2. The van der Waals surface area contributed by atoms with Crippen LogP contribution in [0.4, 0.5) is 0 Å². The number of benzene rings is 1. The molecule has 1 aromatic rings. The zero-order valence-electron chi connectivity index (χ0n) is 12.5. The third kappa shape index (κ3) is 4.05. The molecule has 0 spiro atoms. The number of rotatable bonds is 5. The summed E-state index contributed by atoms with van der Waals surface area (Å²) in [5.74, 6) is -0.250. The number of halogens is 1. The van der Waals surface area contributed by atoms with Gasteiger partial charge in [0.25, 0.3) is 0 Å². The molecule has 1 saturated heterocycles. The lowest BCUT2D eigenvalue weighted by Gasteiger charge is -2.40. The first-order chi connectivity index (χ1) is 10.0. The summed E-state index contributed by atoms with van der Waals surface area (Å²) in [5.41, 5.74) is 13.1. The highest BCUT2D eigenvalue weighted by Gasteiger charge is 2.32. The van der Waals surface area contributed by atoms with Gasteiger partial charge in [-0.25, -0.2) is 0 Å². The second kappa shape index (κ2) is 7.38. The van der Waals surface area contributed by atoms with Crippen LogP contribution in [0.5, 0.6) is 0 Å². The van der Waals surface area contributed by atoms with Gasteiger partial charge in [0.1, 0.15) is 0 Å². The average molecular weight is 354 g/mol. The van der Waals surface area contributed by atoms with E-state index in [9.17, 15) is 4.79 Å². The van der Waals surface area contributed by atoms with Crippen molar-refractivity contribution in [1.29, 1.82) is 0 Å². The number of piperidine rings is 1. The SMILES string of the molecule is CCC(N)C(c1ccc(Br)cc1)N1CCCC(C(N)=O)C1. The number of carbonyl (C=O) groups is 1. The zero-order chi connectivity index (χ0) is 15.4. The molecule has 5 heteroatoms. The van der Waals surface area contributed by atoms with Gasteiger partial charge in [0.15, 0.2) is 0 Å². The van der Waals surface area contributed by atoms with E-state index < -0.39 is 0 Å². The van der Waals surface area contributed by atoms with Gasteiger partial charge in [-0.3, -0.25) is 9.69 Å². The second-order valence-corrected chi connectivity index (χ2v) is 6.72. The van der Waals surface area contributed by atoms with Crippen molar-refractivity contribution in [3.8, 4) is 0 Å². The van der Waals surface area contributed by atoms with Crippen LogP contribution in [-0.2, 0) is 4.79 Å². The van der Waals surface area contributed by atoms with Crippen molar-refractivity contribution in [1.82, 2.24) is 4.90 Å². The molecule has 3 unspecified atom stereocenters. The average Bonchev–Trinajstić information content (AvgIpc) is 2.49. The molecule has 2 rings (SSSR count). The Bertz CT molecular complexity index is 477. The van der Waals surface area contributed by atoms with Crippen molar-refractivity contribution in [2.75, 3.05) is 13.1 Å². The Balaban J connectivity index is 2.23. The molecule has 0 radical (unpaired) electrons. The molecular formula is C16H24BrN3O. The second-order valence-electron chi connectivity index (χ2n) is 5.80. The molecule has 0 aliphatic carbocycles. The van der Waals surface area contributed by atoms with E-state index in [0.717, 1.165) is 30.3 Å². The Morgan fingerprint density at radius 2 is 2.10 bits per heavy atom. The molecule has 4 nitrogen and oxygen atoms in total. The first-order valence-corrected chi connectivity index (χ1v) is 8.36. The molecule has 0 aromatic heterocycles. The molecule has 116 valence electrons. The molecule has 1 aliphatic rings.